The number of aryl methyl sites for hydroxylation is 1. The van der Waals surface area contributed by atoms with Crippen molar-refractivity contribution in [3.05, 3.63) is 83.2 Å². The van der Waals surface area contributed by atoms with E-state index in [4.69, 9.17) is 9.47 Å². The van der Waals surface area contributed by atoms with E-state index in [1.165, 1.54) is 31.4 Å². The molecule has 0 atom stereocenters. The molecule has 168 valence electrons. The monoisotopic (exact) mass is 458 g/mol. The summed E-state index contributed by atoms with van der Waals surface area (Å²) in [4.78, 5) is 12.4. The number of hydrogen-bond acceptors (Lipinski definition) is 5. The van der Waals surface area contributed by atoms with E-state index in [2.05, 4.69) is 10.0 Å². The van der Waals surface area contributed by atoms with E-state index in [9.17, 15) is 17.6 Å². The van der Waals surface area contributed by atoms with Crippen molar-refractivity contribution in [3.63, 3.8) is 0 Å². The van der Waals surface area contributed by atoms with Gasteiger partial charge in [0.25, 0.3) is 15.9 Å². The minimum Gasteiger partial charge on any atom is -0.497 e. The third-order valence-electron chi connectivity index (χ3n) is 4.76. The Kier molecular flexibility index (Phi) is 6.99. The number of ether oxygens (including phenoxy) is 2. The fourth-order valence-electron chi connectivity index (χ4n) is 2.98. The van der Waals surface area contributed by atoms with Crippen LogP contribution in [0, 0.1) is 12.7 Å². The number of carbonyl (C=O) groups excluding carboxylic acids is 1. The predicted octanol–water partition coefficient (Wildman–Crippen LogP) is 3.88. The van der Waals surface area contributed by atoms with Gasteiger partial charge in [-0.1, -0.05) is 12.1 Å². The first-order valence-electron chi connectivity index (χ1n) is 9.61. The number of methoxy groups -OCH3 is 2. The van der Waals surface area contributed by atoms with E-state index in [1.54, 1.807) is 44.4 Å². The molecule has 3 aromatic carbocycles. The van der Waals surface area contributed by atoms with Gasteiger partial charge in [0.2, 0.25) is 0 Å². The van der Waals surface area contributed by atoms with Crippen molar-refractivity contribution < 1.29 is 27.1 Å². The highest BCUT2D eigenvalue weighted by molar-refractivity contribution is 7.92. The van der Waals surface area contributed by atoms with Crippen LogP contribution in [0.5, 0.6) is 11.5 Å². The van der Waals surface area contributed by atoms with Gasteiger partial charge < -0.3 is 14.8 Å². The average molecular weight is 459 g/mol. The molecule has 0 saturated heterocycles. The molecule has 0 heterocycles. The quantitative estimate of drug-likeness (QED) is 0.534. The van der Waals surface area contributed by atoms with Gasteiger partial charge >= 0.3 is 0 Å². The molecule has 0 saturated carbocycles. The van der Waals surface area contributed by atoms with E-state index in [0.29, 0.717) is 17.1 Å². The third-order valence-corrected chi connectivity index (χ3v) is 6.14. The molecule has 32 heavy (non-hydrogen) atoms. The summed E-state index contributed by atoms with van der Waals surface area (Å²) in [6.45, 7) is 1.72. The maximum absolute atomic E-state index is 13.8. The van der Waals surface area contributed by atoms with Crippen molar-refractivity contribution in [2.75, 3.05) is 18.9 Å². The van der Waals surface area contributed by atoms with Crippen LogP contribution in [0.15, 0.2) is 65.6 Å². The van der Waals surface area contributed by atoms with Crippen molar-refractivity contribution in [3.8, 4) is 11.5 Å². The second-order valence-corrected chi connectivity index (χ2v) is 8.64. The van der Waals surface area contributed by atoms with Crippen LogP contribution in [0.3, 0.4) is 0 Å². The van der Waals surface area contributed by atoms with Gasteiger partial charge in [-0.2, -0.15) is 0 Å². The van der Waals surface area contributed by atoms with E-state index in [-0.39, 0.29) is 22.7 Å². The molecule has 3 aromatic rings. The largest absolute Gasteiger partial charge is 0.497 e. The molecule has 1 amide bonds. The summed E-state index contributed by atoms with van der Waals surface area (Å²) >= 11 is 0. The molecule has 0 aliphatic heterocycles. The maximum Gasteiger partial charge on any atom is 0.261 e. The molecule has 0 fully saturated rings. The summed E-state index contributed by atoms with van der Waals surface area (Å²) in [5, 5.41) is 2.78. The zero-order chi connectivity index (χ0) is 23.3. The van der Waals surface area contributed by atoms with E-state index in [1.807, 2.05) is 0 Å². The number of benzene rings is 3. The summed E-state index contributed by atoms with van der Waals surface area (Å²) in [6.07, 6.45) is 0. The van der Waals surface area contributed by atoms with Crippen molar-refractivity contribution in [1.29, 1.82) is 0 Å². The zero-order valence-electron chi connectivity index (χ0n) is 17.8. The first-order valence-corrected chi connectivity index (χ1v) is 11.1. The van der Waals surface area contributed by atoms with Gasteiger partial charge in [0, 0.05) is 23.4 Å². The number of carbonyl (C=O) groups is 1. The highest BCUT2D eigenvalue weighted by Gasteiger charge is 2.17. The van der Waals surface area contributed by atoms with Gasteiger partial charge in [0.1, 0.15) is 17.3 Å². The molecule has 0 radical (unpaired) electrons. The molecule has 0 bridgehead atoms. The second-order valence-electron chi connectivity index (χ2n) is 6.96. The van der Waals surface area contributed by atoms with Gasteiger partial charge in [0.15, 0.2) is 0 Å². The van der Waals surface area contributed by atoms with Crippen molar-refractivity contribution in [2.45, 2.75) is 18.4 Å². The Morgan fingerprint density at radius 3 is 2.47 bits per heavy atom. The summed E-state index contributed by atoms with van der Waals surface area (Å²) in [5.41, 5.74) is 1.49. The fourth-order valence-corrected chi connectivity index (χ4v) is 4.04. The van der Waals surface area contributed by atoms with Crippen molar-refractivity contribution in [2.24, 2.45) is 0 Å². The van der Waals surface area contributed by atoms with Gasteiger partial charge in [-0.15, -0.1) is 0 Å². The number of halogens is 1. The van der Waals surface area contributed by atoms with Crippen LogP contribution in [-0.4, -0.2) is 28.5 Å². The summed E-state index contributed by atoms with van der Waals surface area (Å²) in [6, 6.07) is 14.9. The average Bonchev–Trinajstić information content (AvgIpc) is 2.78. The highest BCUT2D eigenvalue weighted by atomic mass is 32.2. The minimum absolute atomic E-state index is 0.178. The molecule has 0 aliphatic rings. The number of hydrogen-bond donors (Lipinski definition) is 2. The normalized spacial score (nSPS) is 11.0. The Morgan fingerprint density at radius 2 is 1.78 bits per heavy atom. The van der Waals surface area contributed by atoms with Gasteiger partial charge in [-0.25, -0.2) is 12.8 Å². The standard InChI is InChI=1S/C23H23FN2O5S/c1-15-7-9-20(13-21(15)24)32(28,29)26-18-6-4-5-16(11-18)23(27)25-14-17-12-19(30-2)8-10-22(17)31-3/h4-13,26H,14H2,1-3H3,(H,25,27). The van der Waals surface area contributed by atoms with Gasteiger partial charge in [0.05, 0.1) is 19.1 Å². The first-order chi connectivity index (χ1) is 15.2. The highest BCUT2D eigenvalue weighted by Crippen LogP contribution is 2.24. The Hall–Kier alpha value is -3.59. The maximum atomic E-state index is 13.8. The second kappa shape index (κ2) is 9.69. The van der Waals surface area contributed by atoms with Crippen LogP contribution in [0.25, 0.3) is 0 Å². The SMILES string of the molecule is COc1ccc(OC)c(CNC(=O)c2cccc(NS(=O)(=O)c3ccc(C)c(F)c3)c2)c1. The topological polar surface area (TPSA) is 93.7 Å². The lowest BCUT2D eigenvalue weighted by Gasteiger charge is -2.12. The Labute approximate surface area is 186 Å². The lowest BCUT2D eigenvalue weighted by Crippen LogP contribution is -2.23. The van der Waals surface area contributed by atoms with Crippen LogP contribution < -0.4 is 19.5 Å². The van der Waals surface area contributed by atoms with Crippen molar-refractivity contribution >= 4 is 21.6 Å². The molecule has 0 aromatic heterocycles. The molecule has 7 nitrogen and oxygen atoms in total. The molecule has 9 heteroatoms. The lowest BCUT2D eigenvalue weighted by molar-refractivity contribution is 0.0950. The van der Waals surface area contributed by atoms with Crippen molar-refractivity contribution in [1.82, 2.24) is 5.32 Å². The molecule has 2 N–H and O–H groups in total. The number of amides is 1. The first kappa shape index (κ1) is 23.1. The number of anilines is 1. The molecular weight excluding hydrogens is 435 g/mol. The zero-order valence-corrected chi connectivity index (χ0v) is 18.6. The van der Waals surface area contributed by atoms with Crippen LogP contribution >= 0.6 is 0 Å². The van der Waals surface area contributed by atoms with E-state index in [0.717, 1.165) is 11.6 Å². The van der Waals surface area contributed by atoms with Crippen LogP contribution in [0.4, 0.5) is 10.1 Å². The number of sulfonamides is 1. The van der Waals surface area contributed by atoms with Crippen LogP contribution in [-0.2, 0) is 16.6 Å². The van der Waals surface area contributed by atoms with Crippen LogP contribution in [0.2, 0.25) is 0 Å². The van der Waals surface area contributed by atoms with Gasteiger partial charge in [-0.3, -0.25) is 9.52 Å². The predicted molar refractivity (Wildman–Crippen MR) is 119 cm³/mol. The van der Waals surface area contributed by atoms with E-state index < -0.39 is 21.7 Å². The molecule has 0 aliphatic carbocycles. The Balaban J connectivity index is 1.74. The summed E-state index contributed by atoms with van der Waals surface area (Å²) in [7, 11) is -0.945. The molecule has 0 spiro atoms. The third kappa shape index (κ3) is 5.36. The molecular formula is C23H23FN2O5S. The fraction of sp³-hybridized carbons (Fsp3) is 0.174. The molecule has 3 rings (SSSR count). The lowest BCUT2D eigenvalue weighted by atomic mass is 10.1. The molecule has 0 unspecified atom stereocenters. The Bertz CT molecular complexity index is 1240. The van der Waals surface area contributed by atoms with Crippen LogP contribution in [0.1, 0.15) is 21.5 Å². The summed E-state index contributed by atoms with van der Waals surface area (Å²) in [5.74, 6) is 0.197. The smallest absolute Gasteiger partial charge is 0.261 e. The number of nitrogens with one attached hydrogen (secondary N) is 2. The minimum atomic E-state index is -4.02. The number of rotatable bonds is 8. The Morgan fingerprint density at radius 1 is 1.00 bits per heavy atom. The van der Waals surface area contributed by atoms with Gasteiger partial charge in [-0.05, 0) is 61.0 Å². The van der Waals surface area contributed by atoms with E-state index >= 15 is 0 Å². The summed E-state index contributed by atoms with van der Waals surface area (Å²) < 4.78 is 51.8.